The smallest absolute Gasteiger partial charge is 0.438 e. The van der Waals surface area contributed by atoms with Crippen molar-refractivity contribution < 1.29 is 48.8 Å². The highest BCUT2D eigenvalue weighted by Gasteiger charge is 2.74. The molecule has 0 radical (unpaired) electrons. The molecule has 0 aromatic heterocycles. The van der Waals surface area contributed by atoms with Gasteiger partial charge in [0.2, 0.25) is 0 Å². The maximum atomic E-state index is 12.4. The Kier molecular flexibility index (Phi) is 4.31. The minimum absolute atomic E-state index is 0.212. The number of alkyl halides is 6. The average molecular weight is 303 g/mol. The second-order valence-corrected chi connectivity index (χ2v) is 4.52. The van der Waals surface area contributed by atoms with Crippen molar-refractivity contribution in [3.63, 3.8) is 0 Å². The van der Waals surface area contributed by atoms with Crippen molar-refractivity contribution in [1.29, 1.82) is 0 Å². The molecule has 0 N–H and O–H groups in total. The van der Waals surface area contributed by atoms with Gasteiger partial charge in [0.25, 0.3) is 0 Å². The van der Waals surface area contributed by atoms with Crippen LogP contribution in [0.1, 0.15) is 6.92 Å². The Morgan fingerprint density at radius 1 is 1.11 bits per heavy atom. The third-order valence-electron chi connectivity index (χ3n) is 1.61. The van der Waals surface area contributed by atoms with E-state index < -0.39 is 39.8 Å². The van der Waals surface area contributed by atoms with Gasteiger partial charge in [-0.1, -0.05) is 0 Å². The van der Waals surface area contributed by atoms with Crippen LogP contribution in [-0.4, -0.2) is 42.6 Å². The van der Waals surface area contributed by atoms with Crippen molar-refractivity contribution in [2.75, 3.05) is 5.75 Å². The third kappa shape index (κ3) is 3.73. The molecule has 0 aromatic rings. The van der Waals surface area contributed by atoms with Gasteiger partial charge in [-0.05, 0) is 0 Å². The lowest BCUT2D eigenvalue weighted by atomic mass is 10.1. The summed E-state index contributed by atoms with van der Waals surface area (Å²) in [4.78, 5) is 10.3. The fourth-order valence-corrected chi connectivity index (χ4v) is 1.85. The van der Waals surface area contributed by atoms with E-state index in [9.17, 15) is 44.1 Å². The maximum absolute atomic E-state index is 12.4. The highest BCUT2D eigenvalue weighted by atomic mass is 32.2. The van der Waals surface area contributed by atoms with Crippen molar-refractivity contribution in [2.24, 2.45) is 0 Å². The van der Waals surface area contributed by atoms with Crippen molar-refractivity contribution in [2.45, 2.75) is 24.9 Å². The maximum Gasteiger partial charge on any atom is 0.438 e. The second-order valence-electron chi connectivity index (χ2n) is 3.12. The SMILES string of the molecule is CC(=O)OC(CS(=O)(=O)[O-])(C(F)(F)F)C(F)(F)F. The largest absolute Gasteiger partial charge is 0.748 e. The van der Waals surface area contributed by atoms with Crippen LogP contribution in [0.15, 0.2) is 0 Å². The molecule has 0 aliphatic rings. The third-order valence-corrected chi connectivity index (χ3v) is 2.37. The Balaban J connectivity index is 5.97. The quantitative estimate of drug-likeness (QED) is 0.440. The molecule has 0 unspecified atom stereocenters. The predicted octanol–water partition coefficient (Wildman–Crippen LogP) is 0.958. The lowest BCUT2D eigenvalue weighted by Gasteiger charge is -2.36. The Labute approximate surface area is 96.5 Å². The summed E-state index contributed by atoms with van der Waals surface area (Å²) in [5.74, 6) is -5.01. The zero-order chi connectivity index (χ0) is 15.0. The molecular weight excluding hydrogens is 298 g/mol. The molecule has 0 saturated carbocycles. The van der Waals surface area contributed by atoms with Gasteiger partial charge < -0.3 is 9.29 Å². The van der Waals surface area contributed by atoms with E-state index in [1.165, 1.54) is 0 Å². The van der Waals surface area contributed by atoms with E-state index in [0.29, 0.717) is 0 Å². The van der Waals surface area contributed by atoms with Crippen LogP contribution in [0.4, 0.5) is 26.3 Å². The van der Waals surface area contributed by atoms with Crippen molar-refractivity contribution in [3.05, 3.63) is 0 Å². The predicted molar refractivity (Wildman–Crippen MR) is 41.2 cm³/mol. The zero-order valence-corrected chi connectivity index (χ0v) is 9.24. The number of rotatable bonds is 3. The summed E-state index contributed by atoms with van der Waals surface area (Å²) in [7, 11) is -5.96. The number of esters is 1. The highest BCUT2D eigenvalue weighted by Crippen LogP contribution is 2.46. The molecule has 108 valence electrons. The van der Waals surface area contributed by atoms with Crippen LogP contribution < -0.4 is 0 Å². The lowest BCUT2D eigenvalue weighted by molar-refractivity contribution is -0.361. The zero-order valence-electron chi connectivity index (χ0n) is 8.42. The van der Waals surface area contributed by atoms with Gasteiger partial charge in [-0.2, -0.15) is 26.3 Å². The molecule has 0 saturated heterocycles. The molecule has 12 heteroatoms. The Morgan fingerprint density at radius 2 is 1.44 bits per heavy atom. The molecule has 0 fully saturated rings. The second kappa shape index (κ2) is 4.57. The molecule has 18 heavy (non-hydrogen) atoms. The van der Waals surface area contributed by atoms with Gasteiger partial charge in [-0.3, -0.25) is 4.79 Å². The van der Waals surface area contributed by atoms with E-state index in [0.717, 1.165) is 0 Å². The molecule has 0 bridgehead atoms. The lowest BCUT2D eigenvalue weighted by Crippen LogP contribution is -2.63. The first-order valence-electron chi connectivity index (χ1n) is 3.89. The van der Waals surface area contributed by atoms with E-state index in [1.807, 2.05) is 0 Å². The summed E-state index contributed by atoms with van der Waals surface area (Å²) in [6.45, 7) is 0.212. The monoisotopic (exact) mass is 303 g/mol. The van der Waals surface area contributed by atoms with Crippen LogP contribution in [-0.2, 0) is 19.6 Å². The van der Waals surface area contributed by atoms with Gasteiger partial charge in [-0.25, -0.2) is 8.42 Å². The van der Waals surface area contributed by atoms with Crippen molar-refractivity contribution in [3.8, 4) is 0 Å². The van der Waals surface area contributed by atoms with Crippen LogP contribution >= 0.6 is 0 Å². The number of hydrogen-bond donors (Lipinski definition) is 0. The number of carbonyl (C=O) groups is 1. The first kappa shape index (κ1) is 17.0. The van der Waals surface area contributed by atoms with Gasteiger partial charge in [0.1, 0.15) is 0 Å². The fraction of sp³-hybridized carbons (Fsp3) is 0.833. The summed E-state index contributed by atoms with van der Waals surface area (Å²) in [5, 5.41) is 0. The van der Waals surface area contributed by atoms with Gasteiger partial charge in [0.05, 0.1) is 15.9 Å². The van der Waals surface area contributed by atoms with Gasteiger partial charge in [0.15, 0.2) is 0 Å². The molecule has 0 amide bonds. The Hall–Kier alpha value is -1.04. The summed E-state index contributed by atoms with van der Waals surface area (Å²) in [6.07, 6.45) is -12.6. The molecule has 0 aromatic carbocycles. The van der Waals surface area contributed by atoms with Crippen LogP contribution in [0.25, 0.3) is 0 Å². The van der Waals surface area contributed by atoms with E-state index in [1.54, 1.807) is 0 Å². The molecule has 0 atom stereocenters. The standard InChI is InChI=1S/C6H6F6O5S/c1-3(13)17-4(5(7,8)9,6(10,11)12)2-18(14,15)16/h2H2,1H3,(H,14,15,16)/p-1. The van der Waals surface area contributed by atoms with Gasteiger partial charge in [0, 0.05) is 6.92 Å². The normalized spacial score (nSPS) is 14.4. The van der Waals surface area contributed by atoms with Crippen LogP contribution in [0.5, 0.6) is 0 Å². The van der Waals surface area contributed by atoms with Gasteiger partial charge >= 0.3 is 23.9 Å². The highest BCUT2D eigenvalue weighted by molar-refractivity contribution is 7.85. The fourth-order valence-electron chi connectivity index (χ4n) is 0.964. The number of carbonyl (C=O) groups excluding carboxylic acids is 1. The van der Waals surface area contributed by atoms with E-state index in [4.69, 9.17) is 0 Å². The molecular formula is C6H5F6O5S-. The van der Waals surface area contributed by atoms with Crippen LogP contribution in [0.3, 0.4) is 0 Å². The van der Waals surface area contributed by atoms with Crippen LogP contribution in [0.2, 0.25) is 0 Å². The number of halogens is 6. The first-order valence-corrected chi connectivity index (χ1v) is 5.47. The number of ether oxygens (including phenoxy) is 1. The minimum Gasteiger partial charge on any atom is -0.748 e. The van der Waals surface area contributed by atoms with Crippen molar-refractivity contribution >= 4 is 16.1 Å². The summed E-state index contributed by atoms with van der Waals surface area (Å²) in [6, 6.07) is 0. The first-order chi connectivity index (χ1) is 7.62. The Morgan fingerprint density at radius 3 is 1.61 bits per heavy atom. The minimum atomic E-state index is -6.31. The topological polar surface area (TPSA) is 83.5 Å². The summed E-state index contributed by atoms with van der Waals surface area (Å²) >= 11 is 0. The molecule has 5 nitrogen and oxygen atoms in total. The molecule has 0 heterocycles. The summed E-state index contributed by atoms with van der Waals surface area (Å²) < 4.78 is 108. The van der Waals surface area contributed by atoms with Gasteiger partial charge in [-0.15, -0.1) is 0 Å². The summed E-state index contributed by atoms with van der Waals surface area (Å²) in [5.41, 5.74) is -5.37. The molecule has 0 aliphatic heterocycles. The van der Waals surface area contributed by atoms with E-state index >= 15 is 0 Å². The van der Waals surface area contributed by atoms with Crippen molar-refractivity contribution in [1.82, 2.24) is 0 Å². The van der Waals surface area contributed by atoms with Crippen LogP contribution in [0, 0.1) is 0 Å². The van der Waals surface area contributed by atoms with E-state index in [2.05, 4.69) is 4.74 Å². The average Bonchev–Trinajstić information content (AvgIpc) is 1.93. The number of hydrogen-bond acceptors (Lipinski definition) is 5. The van der Waals surface area contributed by atoms with E-state index in [-0.39, 0.29) is 6.92 Å². The molecule has 0 aliphatic carbocycles. The Bertz CT molecular complexity index is 407. The molecule has 0 rings (SSSR count). The molecule has 0 spiro atoms.